The van der Waals surface area contributed by atoms with Crippen molar-refractivity contribution in [2.24, 2.45) is 0 Å². The van der Waals surface area contributed by atoms with Crippen molar-refractivity contribution in [3.8, 4) is 6.07 Å². The van der Waals surface area contributed by atoms with Crippen molar-refractivity contribution in [2.45, 2.75) is 0 Å². The first-order chi connectivity index (χ1) is 11.7. The number of anilines is 3. The molecule has 0 aliphatic rings. The van der Waals surface area contributed by atoms with Crippen molar-refractivity contribution in [1.82, 2.24) is 9.97 Å². The fraction of sp³-hybridized carbons (Fsp3) is 0. The number of nitrogens with zero attached hydrogens (tertiary/aromatic N) is 3. The third-order valence-corrected chi connectivity index (χ3v) is 3.20. The third kappa shape index (κ3) is 3.72. The van der Waals surface area contributed by atoms with Crippen LogP contribution in [-0.2, 0) is 0 Å². The van der Waals surface area contributed by atoms with Gasteiger partial charge in [0.2, 0.25) is 0 Å². The Labute approximate surface area is 138 Å². The van der Waals surface area contributed by atoms with E-state index in [4.69, 9.17) is 5.26 Å². The summed E-state index contributed by atoms with van der Waals surface area (Å²) >= 11 is 0. The van der Waals surface area contributed by atoms with Gasteiger partial charge in [-0.3, -0.25) is 4.79 Å². The van der Waals surface area contributed by atoms with Crippen LogP contribution in [0.5, 0.6) is 0 Å². The molecule has 0 saturated heterocycles. The van der Waals surface area contributed by atoms with Crippen molar-refractivity contribution in [3.05, 3.63) is 78.2 Å². The predicted octanol–water partition coefficient (Wildman–Crippen LogP) is 3.34. The minimum Gasteiger partial charge on any atom is -0.340 e. The maximum atomic E-state index is 12.2. The Morgan fingerprint density at radius 2 is 1.75 bits per heavy atom. The molecule has 0 radical (unpaired) electrons. The van der Waals surface area contributed by atoms with Crippen LogP contribution in [0.4, 0.5) is 17.2 Å². The summed E-state index contributed by atoms with van der Waals surface area (Å²) in [6, 6.07) is 19.8. The largest absolute Gasteiger partial charge is 0.340 e. The van der Waals surface area contributed by atoms with Gasteiger partial charge in [0, 0.05) is 17.4 Å². The highest BCUT2D eigenvalue weighted by Gasteiger charge is 2.09. The van der Waals surface area contributed by atoms with Crippen LogP contribution in [0.15, 0.2) is 67.0 Å². The molecule has 3 aromatic rings. The molecule has 0 fully saturated rings. The van der Waals surface area contributed by atoms with Crippen LogP contribution < -0.4 is 10.6 Å². The lowest BCUT2D eigenvalue weighted by Gasteiger charge is -2.08. The molecule has 1 amide bonds. The van der Waals surface area contributed by atoms with Gasteiger partial charge >= 0.3 is 0 Å². The first kappa shape index (κ1) is 15.2. The number of benzene rings is 2. The highest BCUT2D eigenvalue weighted by Crippen LogP contribution is 2.16. The molecule has 116 valence electrons. The molecular formula is C18H13N5O. The van der Waals surface area contributed by atoms with Crippen LogP contribution in [0.2, 0.25) is 0 Å². The maximum Gasteiger partial charge on any atom is 0.274 e. The molecule has 2 aromatic carbocycles. The van der Waals surface area contributed by atoms with E-state index in [1.54, 1.807) is 36.4 Å². The lowest BCUT2D eigenvalue weighted by Crippen LogP contribution is -2.14. The standard InChI is InChI=1S/C18H13N5O/c19-11-13-5-4-8-15(9-13)22-17-10-16(20-12-21-17)18(24)23-14-6-2-1-3-7-14/h1-10,12H,(H,23,24)(H,20,21,22). The van der Waals surface area contributed by atoms with Gasteiger partial charge in [0.1, 0.15) is 17.8 Å². The minimum absolute atomic E-state index is 0.243. The normalized spacial score (nSPS) is 9.79. The zero-order chi connectivity index (χ0) is 16.8. The summed E-state index contributed by atoms with van der Waals surface area (Å²) in [5.41, 5.74) is 2.18. The summed E-state index contributed by atoms with van der Waals surface area (Å²) in [6.45, 7) is 0. The van der Waals surface area contributed by atoms with E-state index in [2.05, 4.69) is 26.7 Å². The third-order valence-electron chi connectivity index (χ3n) is 3.20. The van der Waals surface area contributed by atoms with Gasteiger partial charge in [0.15, 0.2) is 0 Å². The van der Waals surface area contributed by atoms with E-state index in [1.807, 2.05) is 24.3 Å². The van der Waals surface area contributed by atoms with Gasteiger partial charge in [-0.05, 0) is 30.3 Å². The summed E-state index contributed by atoms with van der Waals surface area (Å²) in [4.78, 5) is 20.3. The lowest BCUT2D eigenvalue weighted by molar-refractivity contribution is 0.102. The van der Waals surface area contributed by atoms with Crippen molar-refractivity contribution in [3.63, 3.8) is 0 Å². The molecule has 3 rings (SSSR count). The first-order valence-electron chi connectivity index (χ1n) is 7.20. The number of amides is 1. The van der Waals surface area contributed by atoms with E-state index in [1.165, 1.54) is 6.33 Å². The molecule has 0 atom stereocenters. The van der Waals surface area contributed by atoms with Gasteiger partial charge in [-0.25, -0.2) is 9.97 Å². The zero-order valence-corrected chi connectivity index (χ0v) is 12.6. The Kier molecular flexibility index (Phi) is 4.45. The predicted molar refractivity (Wildman–Crippen MR) is 90.9 cm³/mol. The monoisotopic (exact) mass is 315 g/mol. The van der Waals surface area contributed by atoms with Gasteiger partial charge in [-0.2, -0.15) is 5.26 Å². The molecule has 1 heterocycles. The van der Waals surface area contributed by atoms with Crippen LogP contribution in [-0.4, -0.2) is 15.9 Å². The van der Waals surface area contributed by atoms with Crippen molar-refractivity contribution >= 4 is 23.1 Å². The molecule has 0 aliphatic heterocycles. The summed E-state index contributed by atoms with van der Waals surface area (Å²) < 4.78 is 0. The van der Waals surface area contributed by atoms with E-state index in [9.17, 15) is 4.79 Å². The number of nitriles is 1. The van der Waals surface area contributed by atoms with Gasteiger partial charge in [0.05, 0.1) is 11.6 Å². The average Bonchev–Trinajstić information content (AvgIpc) is 2.63. The topological polar surface area (TPSA) is 90.7 Å². The Morgan fingerprint density at radius 3 is 2.54 bits per heavy atom. The molecule has 0 bridgehead atoms. The Bertz CT molecular complexity index is 903. The van der Waals surface area contributed by atoms with Gasteiger partial charge < -0.3 is 10.6 Å². The zero-order valence-electron chi connectivity index (χ0n) is 12.6. The van der Waals surface area contributed by atoms with Crippen LogP contribution in [0, 0.1) is 11.3 Å². The maximum absolute atomic E-state index is 12.2. The van der Waals surface area contributed by atoms with Crippen LogP contribution in [0.25, 0.3) is 0 Å². The van der Waals surface area contributed by atoms with Gasteiger partial charge in [-0.15, -0.1) is 0 Å². The van der Waals surface area contributed by atoms with E-state index in [0.29, 0.717) is 22.8 Å². The van der Waals surface area contributed by atoms with Crippen molar-refractivity contribution < 1.29 is 4.79 Å². The second kappa shape index (κ2) is 7.03. The Morgan fingerprint density at radius 1 is 0.958 bits per heavy atom. The van der Waals surface area contributed by atoms with Crippen molar-refractivity contribution in [2.75, 3.05) is 10.6 Å². The van der Waals surface area contributed by atoms with Gasteiger partial charge in [-0.1, -0.05) is 24.3 Å². The summed E-state index contributed by atoms with van der Waals surface area (Å²) in [5, 5.41) is 14.8. The quantitative estimate of drug-likeness (QED) is 0.770. The summed E-state index contributed by atoms with van der Waals surface area (Å²) in [6.07, 6.45) is 1.32. The van der Waals surface area contributed by atoms with Gasteiger partial charge in [0.25, 0.3) is 5.91 Å². The molecule has 24 heavy (non-hydrogen) atoms. The second-order valence-electron chi connectivity index (χ2n) is 4.93. The number of carbonyl (C=O) groups is 1. The minimum atomic E-state index is -0.322. The molecule has 2 N–H and O–H groups in total. The molecule has 0 aliphatic carbocycles. The molecule has 1 aromatic heterocycles. The van der Waals surface area contributed by atoms with E-state index >= 15 is 0 Å². The summed E-state index contributed by atoms with van der Waals surface area (Å²) in [5.74, 6) is 0.149. The number of aromatic nitrogens is 2. The lowest BCUT2D eigenvalue weighted by atomic mass is 10.2. The molecule has 0 saturated carbocycles. The number of hydrogen-bond donors (Lipinski definition) is 2. The number of nitrogens with one attached hydrogen (secondary N) is 2. The number of rotatable bonds is 4. The Hall–Kier alpha value is -3.72. The summed E-state index contributed by atoms with van der Waals surface area (Å²) in [7, 11) is 0. The van der Waals surface area contributed by atoms with Crippen LogP contribution >= 0.6 is 0 Å². The molecule has 0 spiro atoms. The molecule has 6 nitrogen and oxygen atoms in total. The molecule has 6 heteroatoms. The fourth-order valence-corrected chi connectivity index (χ4v) is 2.08. The van der Waals surface area contributed by atoms with Crippen molar-refractivity contribution in [1.29, 1.82) is 5.26 Å². The van der Waals surface area contributed by atoms with E-state index in [0.717, 1.165) is 0 Å². The average molecular weight is 315 g/mol. The SMILES string of the molecule is N#Cc1cccc(Nc2cc(C(=O)Nc3ccccc3)ncn2)c1. The molecular weight excluding hydrogens is 302 g/mol. The highest BCUT2D eigenvalue weighted by molar-refractivity contribution is 6.03. The number of hydrogen-bond acceptors (Lipinski definition) is 5. The smallest absolute Gasteiger partial charge is 0.274 e. The fourth-order valence-electron chi connectivity index (χ4n) is 2.08. The van der Waals surface area contributed by atoms with Crippen LogP contribution in [0.3, 0.4) is 0 Å². The second-order valence-corrected chi connectivity index (χ2v) is 4.93. The highest BCUT2D eigenvalue weighted by atomic mass is 16.1. The van der Waals surface area contributed by atoms with E-state index in [-0.39, 0.29) is 11.6 Å². The molecule has 0 unspecified atom stereocenters. The van der Waals surface area contributed by atoms with Crippen LogP contribution in [0.1, 0.15) is 16.1 Å². The number of para-hydroxylation sites is 1. The number of carbonyl (C=O) groups excluding carboxylic acids is 1. The van der Waals surface area contributed by atoms with E-state index < -0.39 is 0 Å². The Balaban J connectivity index is 1.76. The first-order valence-corrected chi connectivity index (χ1v) is 7.20.